The summed E-state index contributed by atoms with van der Waals surface area (Å²) in [5, 5.41) is 0. The van der Waals surface area contributed by atoms with Crippen LogP contribution < -0.4 is 8.92 Å². The Kier molecular flexibility index (Phi) is 3.97. The van der Waals surface area contributed by atoms with E-state index in [1.54, 1.807) is 30.3 Å². The minimum atomic E-state index is -0.0614. The normalized spacial score (nSPS) is 12.7. The number of fused-ring (bicyclic) bond motifs is 2. The molecule has 1 aliphatic rings. The molecule has 0 atom stereocenters. The van der Waals surface area contributed by atoms with Crippen LogP contribution >= 0.6 is 15.9 Å². The quantitative estimate of drug-likeness (QED) is 0.448. The Morgan fingerprint density at radius 2 is 1.29 bits per heavy atom. The van der Waals surface area contributed by atoms with E-state index in [2.05, 4.69) is 15.9 Å². The molecular weight excluding hydrogens is 431 g/mol. The number of hydrogen-bond donors (Lipinski definition) is 0. The van der Waals surface area contributed by atoms with Gasteiger partial charge in [-0.05, 0) is 0 Å². The fourth-order valence-electron chi connectivity index (χ4n) is 2.83. The number of carbonyl (C=O) groups is 2. The summed E-state index contributed by atoms with van der Waals surface area (Å²) in [5.41, 5.74) is 2.11. The summed E-state index contributed by atoms with van der Waals surface area (Å²) in [6, 6.07) is 20.7. The molecule has 4 heteroatoms. The first-order valence-corrected chi connectivity index (χ1v) is 9.90. The van der Waals surface area contributed by atoms with Gasteiger partial charge in [0, 0.05) is 0 Å². The van der Waals surface area contributed by atoms with Crippen molar-refractivity contribution >= 4 is 51.4 Å². The molecule has 0 fully saturated rings. The van der Waals surface area contributed by atoms with E-state index in [1.165, 1.54) is 4.46 Å². The van der Waals surface area contributed by atoms with Crippen molar-refractivity contribution in [2.75, 3.05) is 0 Å². The second-order valence-corrected chi connectivity index (χ2v) is 8.69. The summed E-state index contributed by atoms with van der Waals surface area (Å²) in [7, 11) is 0. The standard InChI is InChI=1S/C20H11BrO2Se/c21-12-8-10-13(11-9-12)24-17-7-3-6-16-18(17)20(23)15-5-2-1-4-14(15)19(16)22/h1-11H. The van der Waals surface area contributed by atoms with Crippen LogP contribution in [0.2, 0.25) is 0 Å². The average Bonchev–Trinajstić information content (AvgIpc) is 2.61. The Morgan fingerprint density at radius 3 is 2.00 bits per heavy atom. The molecule has 0 heterocycles. The number of ketones is 2. The van der Waals surface area contributed by atoms with Crippen LogP contribution in [0.15, 0.2) is 71.2 Å². The van der Waals surface area contributed by atoms with E-state index >= 15 is 0 Å². The Morgan fingerprint density at radius 1 is 0.667 bits per heavy atom. The van der Waals surface area contributed by atoms with Crippen LogP contribution in [0, 0.1) is 0 Å². The van der Waals surface area contributed by atoms with E-state index in [0.29, 0.717) is 22.3 Å². The summed E-state index contributed by atoms with van der Waals surface area (Å²) >= 11 is 3.40. The van der Waals surface area contributed by atoms with Gasteiger partial charge in [0.05, 0.1) is 0 Å². The van der Waals surface area contributed by atoms with Crippen molar-refractivity contribution in [1.29, 1.82) is 0 Å². The van der Waals surface area contributed by atoms with Gasteiger partial charge < -0.3 is 0 Å². The Bertz CT molecular complexity index is 977. The van der Waals surface area contributed by atoms with Gasteiger partial charge in [0.25, 0.3) is 0 Å². The van der Waals surface area contributed by atoms with Crippen LogP contribution in [0.1, 0.15) is 31.8 Å². The fraction of sp³-hybridized carbons (Fsp3) is 0. The van der Waals surface area contributed by atoms with Crippen molar-refractivity contribution in [3.8, 4) is 0 Å². The van der Waals surface area contributed by atoms with Gasteiger partial charge in [0.15, 0.2) is 0 Å². The Labute approximate surface area is 154 Å². The summed E-state index contributed by atoms with van der Waals surface area (Å²) < 4.78 is 3.14. The zero-order valence-electron chi connectivity index (χ0n) is 12.5. The zero-order valence-corrected chi connectivity index (χ0v) is 15.8. The van der Waals surface area contributed by atoms with Crippen LogP contribution in [0.25, 0.3) is 0 Å². The molecule has 0 unspecified atom stereocenters. The Balaban J connectivity index is 1.83. The molecule has 116 valence electrons. The van der Waals surface area contributed by atoms with Gasteiger partial charge in [-0.2, -0.15) is 0 Å². The van der Waals surface area contributed by atoms with Gasteiger partial charge in [-0.1, -0.05) is 0 Å². The van der Waals surface area contributed by atoms with Crippen molar-refractivity contribution in [2.45, 2.75) is 0 Å². The summed E-state index contributed by atoms with van der Waals surface area (Å²) in [6.07, 6.45) is 0. The SMILES string of the molecule is O=C1c2ccccc2C(=O)c2c([Se]c3ccc(Br)cc3)cccc21. The molecule has 0 aliphatic heterocycles. The van der Waals surface area contributed by atoms with E-state index in [4.69, 9.17) is 0 Å². The van der Waals surface area contributed by atoms with Gasteiger partial charge in [-0.3, -0.25) is 0 Å². The average molecular weight is 442 g/mol. The topological polar surface area (TPSA) is 34.1 Å². The van der Waals surface area contributed by atoms with Crippen molar-refractivity contribution in [1.82, 2.24) is 0 Å². The van der Waals surface area contributed by atoms with E-state index in [1.807, 2.05) is 36.4 Å². The van der Waals surface area contributed by atoms with E-state index in [-0.39, 0.29) is 26.5 Å². The van der Waals surface area contributed by atoms with Crippen molar-refractivity contribution in [2.24, 2.45) is 0 Å². The number of benzene rings is 3. The van der Waals surface area contributed by atoms with Crippen molar-refractivity contribution in [3.05, 3.63) is 93.5 Å². The maximum absolute atomic E-state index is 13.0. The van der Waals surface area contributed by atoms with Crippen LogP contribution in [0.3, 0.4) is 0 Å². The molecule has 0 saturated carbocycles. The number of halogens is 1. The number of carbonyl (C=O) groups excluding carboxylic acids is 2. The molecule has 0 amide bonds. The molecule has 3 aromatic rings. The monoisotopic (exact) mass is 442 g/mol. The first-order chi connectivity index (χ1) is 11.6. The number of rotatable bonds is 2. The molecule has 4 rings (SSSR count). The number of hydrogen-bond acceptors (Lipinski definition) is 2. The second-order valence-electron chi connectivity index (χ2n) is 5.44. The Hall–Kier alpha value is -2.00. The van der Waals surface area contributed by atoms with Gasteiger partial charge >= 0.3 is 154 Å². The van der Waals surface area contributed by atoms with Gasteiger partial charge in [-0.15, -0.1) is 0 Å². The molecule has 0 N–H and O–H groups in total. The second kappa shape index (κ2) is 6.14. The predicted molar refractivity (Wildman–Crippen MR) is 98.9 cm³/mol. The maximum atomic E-state index is 13.0. The molecule has 1 aliphatic carbocycles. The molecule has 0 aromatic heterocycles. The molecule has 24 heavy (non-hydrogen) atoms. The third-order valence-corrected chi connectivity index (χ3v) is 6.73. The van der Waals surface area contributed by atoms with E-state index in [0.717, 1.165) is 8.93 Å². The first kappa shape index (κ1) is 15.5. The molecule has 0 radical (unpaired) electrons. The van der Waals surface area contributed by atoms with Gasteiger partial charge in [0.2, 0.25) is 0 Å². The third kappa shape index (κ3) is 2.57. The van der Waals surface area contributed by atoms with Gasteiger partial charge in [0.1, 0.15) is 0 Å². The van der Waals surface area contributed by atoms with Crippen molar-refractivity contribution in [3.63, 3.8) is 0 Å². The predicted octanol–water partition coefficient (Wildman–Crippen LogP) is 2.88. The molecule has 0 spiro atoms. The molecule has 3 aromatic carbocycles. The summed E-state index contributed by atoms with van der Waals surface area (Å²) in [5.74, 6) is -0.108. The van der Waals surface area contributed by atoms with Crippen molar-refractivity contribution < 1.29 is 9.59 Å². The van der Waals surface area contributed by atoms with Crippen LogP contribution in [-0.2, 0) is 0 Å². The summed E-state index contributed by atoms with van der Waals surface area (Å²) in [6.45, 7) is 0. The molecule has 0 saturated heterocycles. The molecular formula is C20H11BrO2Se. The molecule has 2 nitrogen and oxygen atoms in total. The zero-order chi connectivity index (χ0) is 16.7. The van der Waals surface area contributed by atoms with E-state index < -0.39 is 0 Å². The summed E-state index contributed by atoms with van der Waals surface area (Å²) in [4.78, 5) is 25.7. The van der Waals surface area contributed by atoms with Gasteiger partial charge in [-0.25, -0.2) is 0 Å². The van der Waals surface area contributed by atoms with Crippen LogP contribution in [-0.4, -0.2) is 26.5 Å². The fourth-order valence-corrected chi connectivity index (χ4v) is 5.14. The van der Waals surface area contributed by atoms with E-state index in [9.17, 15) is 9.59 Å². The third-order valence-electron chi connectivity index (χ3n) is 3.96. The molecule has 0 bridgehead atoms. The minimum absolute atomic E-state index is 0.0335. The van der Waals surface area contributed by atoms with Crippen LogP contribution in [0.5, 0.6) is 0 Å². The first-order valence-electron chi connectivity index (χ1n) is 7.40. The van der Waals surface area contributed by atoms with Crippen LogP contribution in [0.4, 0.5) is 0 Å².